The molecule has 1 aromatic carbocycles. The maximum atomic E-state index is 5.92. The number of rotatable bonds is 1. The molecule has 0 bridgehead atoms. The van der Waals surface area contributed by atoms with Crippen LogP contribution in [0.4, 0.5) is 0 Å². The molecule has 0 spiro atoms. The van der Waals surface area contributed by atoms with Crippen molar-refractivity contribution in [3.8, 4) is 0 Å². The Balaban J connectivity index is 2.43. The summed E-state index contributed by atoms with van der Waals surface area (Å²) in [6.07, 6.45) is 2.23. The zero-order valence-electron chi connectivity index (χ0n) is 7.06. The van der Waals surface area contributed by atoms with Gasteiger partial charge in [-0.2, -0.15) is 0 Å². The van der Waals surface area contributed by atoms with Crippen LogP contribution in [-0.4, -0.2) is 12.3 Å². The van der Waals surface area contributed by atoms with E-state index in [1.165, 1.54) is 5.71 Å². The quantitative estimate of drug-likeness (QED) is 0.728. The molecule has 0 saturated carbocycles. The molecular weight excluding hydrogens is 249 g/mol. The van der Waals surface area contributed by atoms with Crippen molar-refractivity contribution in [2.24, 2.45) is 4.99 Å². The lowest BCUT2D eigenvalue weighted by Crippen LogP contribution is -1.96. The fourth-order valence-corrected chi connectivity index (χ4v) is 2.13. The molecule has 13 heavy (non-hydrogen) atoms. The van der Waals surface area contributed by atoms with Crippen molar-refractivity contribution in [2.75, 3.05) is 6.54 Å². The molecule has 0 radical (unpaired) electrons. The monoisotopic (exact) mass is 257 g/mol. The fourth-order valence-electron chi connectivity index (χ4n) is 1.48. The standard InChI is InChI=1S/C10H9BrClN/c11-9-4-3-7(12)6-8(9)10-2-1-5-13-10/h3-4,6H,1-2,5H2. The van der Waals surface area contributed by atoms with Crippen molar-refractivity contribution in [1.82, 2.24) is 0 Å². The van der Waals surface area contributed by atoms with Crippen LogP contribution in [0.15, 0.2) is 27.7 Å². The first kappa shape index (κ1) is 9.22. The minimum absolute atomic E-state index is 0.771. The first-order valence-electron chi connectivity index (χ1n) is 4.26. The smallest absolute Gasteiger partial charge is 0.0433 e. The average molecular weight is 259 g/mol. The van der Waals surface area contributed by atoms with Gasteiger partial charge in [-0.25, -0.2) is 0 Å². The second-order valence-electron chi connectivity index (χ2n) is 3.06. The minimum Gasteiger partial charge on any atom is -0.289 e. The molecule has 0 N–H and O–H groups in total. The van der Waals surface area contributed by atoms with Crippen LogP contribution in [0.5, 0.6) is 0 Å². The summed E-state index contributed by atoms with van der Waals surface area (Å²) in [7, 11) is 0. The molecule has 0 fully saturated rings. The van der Waals surface area contributed by atoms with E-state index < -0.39 is 0 Å². The highest BCUT2D eigenvalue weighted by atomic mass is 79.9. The van der Waals surface area contributed by atoms with Gasteiger partial charge in [0.05, 0.1) is 0 Å². The summed E-state index contributed by atoms with van der Waals surface area (Å²) in [4.78, 5) is 4.44. The molecule has 2 rings (SSSR count). The van der Waals surface area contributed by atoms with Crippen molar-refractivity contribution in [3.63, 3.8) is 0 Å². The van der Waals surface area contributed by atoms with Gasteiger partial charge >= 0.3 is 0 Å². The fraction of sp³-hybridized carbons (Fsp3) is 0.300. The Morgan fingerprint density at radius 2 is 2.23 bits per heavy atom. The first-order valence-corrected chi connectivity index (χ1v) is 5.43. The van der Waals surface area contributed by atoms with Crippen molar-refractivity contribution in [2.45, 2.75) is 12.8 Å². The lowest BCUT2D eigenvalue weighted by atomic mass is 10.1. The number of nitrogens with zero attached hydrogens (tertiary/aromatic N) is 1. The lowest BCUT2D eigenvalue weighted by Gasteiger charge is -2.03. The van der Waals surface area contributed by atoms with Crippen LogP contribution in [0.25, 0.3) is 0 Å². The second kappa shape index (κ2) is 3.81. The molecule has 1 heterocycles. The molecule has 3 heteroatoms. The van der Waals surface area contributed by atoms with E-state index in [0.29, 0.717) is 0 Å². The third kappa shape index (κ3) is 1.94. The van der Waals surface area contributed by atoms with E-state index in [0.717, 1.165) is 34.4 Å². The van der Waals surface area contributed by atoms with E-state index in [1.54, 1.807) is 0 Å². The zero-order valence-corrected chi connectivity index (χ0v) is 9.40. The van der Waals surface area contributed by atoms with Gasteiger partial charge in [0.15, 0.2) is 0 Å². The molecule has 1 aromatic rings. The van der Waals surface area contributed by atoms with Crippen LogP contribution in [0.3, 0.4) is 0 Å². The van der Waals surface area contributed by atoms with Crippen molar-refractivity contribution < 1.29 is 0 Å². The molecule has 0 unspecified atom stereocenters. The molecule has 1 nitrogen and oxygen atoms in total. The van der Waals surface area contributed by atoms with E-state index in [1.807, 2.05) is 18.2 Å². The highest BCUT2D eigenvalue weighted by Gasteiger charge is 2.11. The number of hydrogen-bond acceptors (Lipinski definition) is 1. The van der Waals surface area contributed by atoms with Crippen molar-refractivity contribution in [1.29, 1.82) is 0 Å². The van der Waals surface area contributed by atoms with Crippen LogP contribution in [0.1, 0.15) is 18.4 Å². The van der Waals surface area contributed by atoms with Gasteiger partial charge < -0.3 is 0 Å². The molecular formula is C10H9BrClN. The third-order valence-electron chi connectivity index (χ3n) is 2.11. The Labute approximate surface area is 91.0 Å². The Kier molecular flexibility index (Phi) is 2.70. The minimum atomic E-state index is 0.771. The van der Waals surface area contributed by atoms with Crippen molar-refractivity contribution >= 4 is 33.2 Å². The highest BCUT2D eigenvalue weighted by molar-refractivity contribution is 9.10. The maximum Gasteiger partial charge on any atom is 0.0433 e. The predicted octanol–water partition coefficient (Wildman–Crippen LogP) is 3.69. The maximum absolute atomic E-state index is 5.92. The summed E-state index contributed by atoms with van der Waals surface area (Å²) in [5, 5.41) is 0.771. The number of hydrogen-bond donors (Lipinski definition) is 0. The number of halogens is 2. The van der Waals surface area contributed by atoms with Crippen molar-refractivity contribution in [3.05, 3.63) is 33.3 Å². The summed E-state index contributed by atoms with van der Waals surface area (Å²) < 4.78 is 1.08. The van der Waals surface area contributed by atoms with Crippen LogP contribution >= 0.6 is 27.5 Å². The summed E-state index contributed by atoms with van der Waals surface area (Å²) >= 11 is 9.42. The molecule has 0 amide bonds. The van der Waals surface area contributed by atoms with Crippen LogP contribution < -0.4 is 0 Å². The van der Waals surface area contributed by atoms with Gasteiger partial charge in [0.1, 0.15) is 0 Å². The van der Waals surface area contributed by atoms with Gasteiger partial charge in [-0.3, -0.25) is 4.99 Å². The Morgan fingerprint density at radius 3 is 2.92 bits per heavy atom. The molecule has 0 saturated heterocycles. The van der Waals surface area contributed by atoms with E-state index in [4.69, 9.17) is 11.6 Å². The summed E-state index contributed by atoms with van der Waals surface area (Å²) in [6.45, 7) is 0.953. The van der Waals surface area contributed by atoms with E-state index >= 15 is 0 Å². The first-order chi connectivity index (χ1) is 6.27. The molecule has 0 aromatic heterocycles. The van der Waals surface area contributed by atoms with Gasteiger partial charge in [-0.15, -0.1) is 0 Å². The van der Waals surface area contributed by atoms with Crippen LogP contribution in [0, 0.1) is 0 Å². The second-order valence-corrected chi connectivity index (χ2v) is 4.35. The zero-order chi connectivity index (χ0) is 9.26. The molecule has 0 aliphatic carbocycles. The van der Waals surface area contributed by atoms with Crippen LogP contribution in [-0.2, 0) is 0 Å². The molecule has 0 atom stereocenters. The van der Waals surface area contributed by atoms with Gasteiger partial charge in [0.25, 0.3) is 0 Å². The number of benzene rings is 1. The third-order valence-corrected chi connectivity index (χ3v) is 3.04. The lowest BCUT2D eigenvalue weighted by molar-refractivity contribution is 0.951. The van der Waals surface area contributed by atoms with Gasteiger partial charge in [-0.05, 0) is 31.0 Å². The Morgan fingerprint density at radius 1 is 1.38 bits per heavy atom. The summed E-state index contributed by atoms with van der Waals surface area (Å²) in [5.74, 6) is 0. The number of aliphatic imine (C=N–C) groups is 1. The Bertz CT molecular complexity index is 360. The van der Waals surface area contributed by atoms with E-state index in [-0.39, 0.29) is 0 Å². The summed E-state index contributed by atoms with van der Waals surface area (Å²) in [5.41, 5.74) is 2.32. The van der Waals surface area contributed by atoms with Crippen LogP contribution in [0.2, 0.25) is 5.02 Å². The largest absolute Gasteiger partial charge is 0.289 e. The van der Waals surface area contributed by atoms with E-state index in [9.17, 15) is 0 Å². The molecule has 68 valence electrons. The molecule has 1 aliphatic rings. The van der Waals surface area contributed by atoms with E-state index in [2.05, 4.69) is 20.9 Å². The normalized spacial score (nSPS) is 16.0. The average Bonchev–Trinajstić information content (AvgIpc) is 2.61. The molecule has 1 aliphatic heterocycles. The van der Waals surface area contributed by atoms with Gasteiger partial charge in [-0.1, -0.05) is 27.5 Å². The Hall–Kier alpha value is -0.340. The highest BCUT2D eigenvalue weighted by Crippen LogP contribution is 2.24. The van der Waals surface area contributed by atoms with Gasteiger partial charge in [0.2, 0.25) is 0 Å². The predicted molar refractivity (Wildman–Crippen MR) is 59.8 cm³/mol. The SMILES string of the molecule is Clc1ccc(Br)c(C2=NCCC2)c1. The summed E-state index contributed by atoms with van der Waals surface area (Å²) in [6, 6.07) is 5.82. The van der Waals surface area contributed by atoms with Gasteiger partial charge in [0, 0.05) is 27.3 Å². The topological polar surface area (TPSA) is 12.4 Å².